The number of anilines is 1. The molecule has 1 aliphatic rings. The lowest BCUT2D eigenvalue weighted by Gasteiger charge is -2.22. The lowest BCUT2D eigenvalue weighted by Crippen LogP contribution is -2.16. The number of rotatable bonds is 2. The zero-order valence-corrected chi connectivity index (χ0v) is 13.3. The van der Waals surface area contributed by atoms with Gasteiger partial charge < -0.3 is 10.6 Å². The van der Waals surface area contributed by atoms with E-state index in [1.807, 2.05) is 13.0 Å². The van der Waals surface area contributed by atoms with Gasteiger partial charge in [-0.25, -0.2) is 4.98 Å². The third kappa shape index (κ3) is 3.15. The molecule has 1 aromatic carbocycles. The Morgan fingerprint density at radius 2 is 2.10 bits per heavy atom. The Balaban J connectivity index is 1.95. The maximum absolute atomic E-state index is 6.25. The predicted octanol–water partition coefficient (Wildman–Crippen LogP) is 4.34. The summed E-state index contributed by atoms with van der Waals surface area (Å²) in [5.74, 6) is 0. The normalized spacial score (nSPS) is 18.0. The smallest absolute Gasteiger partial charge is 0.154 e. The van der Waals surface area contributed by atoms with Crippen LogP contribution >= 0.6 is 23.2 Å². The largest absolute Gasteiger partial charge is 0.375 e. The van der Waals surface area contributed by atoms with E-state index in [1.165, 1.54) is 11.1 Å². The number of hydrogen-bond acceptors (Lipinski definition) is 3. The van der Waals surface area contributed by atoms with Crippen LogP contribution in [0.5, 0.6) is 0 Å². The highest BCUT2D eigenvalue weighted by atomic mass is 35.5. The van der Waals surface area contributed by atoms with E-state index in [2.05, 4.69) is 39.9 Å². The minimum Gasteiger partial charge on any atom is -0.375 e. The molecule has 3 nitrogen and oxygen atoms in total. The fourth-order valence-corrected chi connectivity index (χ4v) is 3.34. The Morgan fingerprint density at radius 1 is 1.29 bits per heavy atom. The molecule has 1 unspecified atom stereocenters. The minimum absolute atomic E-state index is 0.218. The molecule has 110 valence electrons. The van der Waals surface area contributed by atoms with Gasteiger partial charge in [0.2, 0.25) is 0 Å². The van der Waals surface area contributed by atoms with Crippen LogP contribution in [0.3, 0.4) is 0 Å². The number of halogens is 2. The molecule has 0 fully saturated rings. The van der Waals surface area contributed by atoms with E-state index in [0.29, 0.717) is 10.3 Å². The minimum atomic E-state index is 0.218. The first kappa shape index (κ1) is 14.6. The average molecular weight is 322 g/mol. The highest BCUT2D eigenvalue weighted by Crippen LogP contribution is 2.33. The summed E-state index contributed by atoms with van der Waals surface area (Å²) in [4.78, 5) is 4.13. The van der Waals surface area contributed by atoms with Crippen molar-refractivity contribution in [3.8, 4) is 0 Å². The summed E-state index contributed by atoms with van der Waals surface area (Å²) < 4.78 is 0. The number of nitrogens with zero attached hydrogens (tertiary/aromatic N) is 1. The van der Waals surface area contributed by atoms with Gasteiger partial charge in [0.15, 0.2) is 5.15 Å². The van der Waals surface area contributed by atoms with Gasteiger partial charge in [-0.1, -0.05) is 47.5 Å². The average Bonchev–Trinajstić information content (AvgIpc) is 2.65. The summed E-state index contributed by atoms with van der Waals surface area (Å²) in [6.45, 7) is 3.85. The van der Waals surface area contributed by atoms with Gasteiger partial charge in [-0.15, -0.1) is 0 Å². The first-order chi connectivity index (χ1) is 10.1. The van der Waals surface area contributed by atoms with E-state index in [4.69, 9.17) is 23.2 Å². The number of hydrogen-bond donors (Lipinski definition) is 2. The third-order valence-electron chi connectivity index (χ3n) is 3.82. The lowest BCUT2D eigenvalue weighted by molar-refractivity contribution is 0.636. The summed E-state index contributed by atoms with van der Waals surface area (Å²) in [6, 6.07) is 10.5. The molecule has 0 saturated carbocycles. The first-order valence-electron chi connectivity index (χ1n) is 7.03. The molecule has 0 aliphatic carbocycles. The maximum Gasteiger partial charge on any atom is 0.154 e. The SMILES string of the molecule is Cc1cc(Cl)nc(Cl)c1NC1CCNCc2ccccc21. The molecule has 0 radical (unpaired) electrons. The Kier molecular flexibility index (Phi) is 4.34. The number of nitrogens with one attached hydrogen (secondary N) is 2. The van der Waals surface area contributed by atoms with E-state index >= 15 is 0 Å². The van der Waals surface area contributed by atoms with E-state index < -0.39 is 0 Å². The summed E-state index contributed by atoms with van der Waals surface area (Å²) in [6.07, 6.45) is 0.995. The van der Waals surface area contributed by atoms with Crippen molar-refractivity contribution in [2.45, 2.75) is 25.9 Å². The summed E-state index contributed by atoms with van der Waals surface area (Å²) >= 11 is 12.2. The monoisotopic (exact) mass is 321 g/mol. The van der Waals surface area contributed by atoms with E-state index in [9.17, 15) is 0 Å². The number of benzene rings is 1. The van der Waals surface area contributed by atoms with Crippen LogP contribution in [0.4, 0.5) is 5.69 Å². The Bertz CT molecular complexity index is 635. The van der Waals surface area contributed by atoms with Crippen LogP contribution in [0.1, 0.15) is 29.2 Å². The van der Waals surface area contributed by atoms with Gasteiger partial charge >= 0.3 is 0 Å². The van der Waals surface area contributed by atoms with Crippen LogP contribution in [-0.2, 0) is 6.54 Å². The van der Waals surface area contributed by atoms with Gasteiger partial charge in [0.05, 0.1) is 11.7 Å². The second-order valence-corrected chi connectivity index (χ2v) is 6.03. The molecule has 0 bridgehead atoms. The Hall–Kier alpha value is -1.29. The lowest BCUT2D eigenvalue weighted by atomic mass is 9.99. The second kappa shape index (κ2) is 6.22. The molecular weight excluding hydrogens is 305 g/mol. The standard InChI is InChI=1S/C16H17Cl2N3/c1-10-8-14(17)21-16(18)15(10)20-13-6-7-19-9-11-4-2-3-5-12(11)13/h2-5,8,13,19-20H,6-7,9H2,1H3. The van der Waals surface area contributed by atoms with Crippen molar-refractivity contribution in [3.05, 3.63) is 57.3 Å². The van der Waals surface area contributed by atoms with E-state index in [0.717, 1.165) is 30.8 Å². The van der Waals surface area contributed by atoms with E-state index in [-0.39, 0.29) is 6.04 Å². The van der Waals surface area contributed by atoms with Crippen LogP contribution in [0, 0.1) is 6.92 Å². The number of fused-ring (bicyclic) bond motifs is 1. The van der Waals surface area contributed by atoms with Crippen molar-refractivity contribution in [1.82, 2.24) is 10.3 Å². The molecule has 2 heterocycles. The first-order valence-corrected chi connectivity index (χ1v) is 7.78. The van der Waals surface area contributed by atoms with Crippen molar-refractivity contribution in [3.63, 3.8) is 0 Å². The molecule has 1 aliphatic heterocycles. The van der Waals surface area contributed by atoms with Gasteiger partial charge in [0, 0.05) is 6.54 Å². The number of pyridine rings is 1. The highest BCUT2D eigenvalue weighted by molar-refractivity contribution is 6.34. The molecule has 1 aromatic heterocycles. The van der Waals surface area contributed by atoms with Crippen LogP contribution in [-0.4, -0.2) is 11.5 Å². The molecule has 21 heavy (non-hydrogen) atoms. The molecule has 3 rings (SSSR count). The molecule has 0 amide bonds. The molecule has 5 heteroatoms. The van der Waals surface area contributed by atoms with E-state index in [1.54, 1.807) is 0 Å². The van der Waals surface area contributed by atoms with Crippen LogP contribution in [0.15, 0.2) is 30.3 Å². The van der Waals surface area contributed by atoms with Gasteiger partial charge in [0.1, 0.15) is 5.15 Å². The topological polar surface area (TPSA) is 37.0 Å². The zero-order valence-electron chi connectivity index (χ0n) is 11.8. The molecule has 0 saturated heterocycles. The summed E-state index contributed by atoms with van der Waals surface area (Å²) in [5.41, 5.74) is 4.51. The number of aromatic nitrogens is 1. The molecule has 2 N–H and O–H groups in total. The fraction of sp³-hybridized carbons (Fsp3) is 0.312. The van der Waals surface area contributed by atoms with Crippen molar-refractivity contribution < 1.29 is 0 Å². The van der Waals surface area contributed by atoms with Gasteiger partial charge in [-0.3, -0.25) is 0 Å². The van der Waals surface area contributed by atoms with Crippen LogP contribution in [0.25, 0.3) is 0 Å². The fourth-order valence-electron chi connectivity index (χ4n) is 2.75. The molecule has 2 aromatic rings. The van der Waals surface area contributed by atoms with Crippen molar-refractivity contribution in [2.24, 2.45) is 0 Å². The number of aryl methyl sites for hydroxylation is 1. The Labute approximate surface area is 134 Å². The van der Waals surface area contributed by atoms with Crippen LogP contribution in [0.2, 0.25) is 10.3 Å². The molecule has 1 atom stereocenters. The van der Waals surface area contributed by atoms with Crippen LogP contribution < -0.4 is 10.6 Å². The van der Waals surface area contributed by atoms with Gasteiger partial charge in [0.25, 0.3) is 0 Å². The summed E-state index contributed by atoms with van der Waals surface area (Å²) in [5, 5.41) is 7.84. The third-order valence-corrected chi connectivity index (χ3v) is 4.28. The highest BCUT2D eigenvalue weighted by Gasteiger charge is 2.20. The zero-order chi connectivity index (χ0) is 14.8. The molecule has 0 spiro atoms. The van der Waals surface area contributed by atoms with Crippen molar-refractivity contribution in [2.75, 3.05) is 11.9 Å². The quantitative estimate of drug-likeness (QED) is 0.808. The molecular formula is C16H17Cl2N3. The van der Waals surface area contributed by atoms with Gasteiger partial charge in [-0.05, 0) is 42.6 Å². The maximum atomic E-state index is 6.25. The predicted molar refractivity (Wildman–Crippen MR) is 88.1 cm³/mol. The Morgan fingerprint density at radius 3 is 2.90 bits per heavy atom. The second-order valence-electron chi connectivity index (χ2n) is 5.29. The van der Waals surface area contributed by atoms with Gasteiger partial charge in [-0.2, -0.15) is 0 Å². The van der Waals surface area contributed by atoms with Crippen molar-refractivity contribution in [1.29, 1.82) is 0 Å². The summed E-state index contributed by atoms with van der Waals surface area (Å²) in [7, 11) is 0. The van der Waals surface area contributed by atoms with Crippen molar-refractivity contribution >= 4 is 28.9 Å².